The van der Waals surface area contributed by atoms with Crippen molar-refractivity contribution in [1.29, 1.82) is 0 Å². The van der Waals surface area contributed by atoms with Gasteiger partial charge in [-0.3, -0.25) is 4.79 Å². The molecule has 1 fully saturated rings. The first kappa shape index (κ1) is 25.2. The van der Waals surface area contributed by atoms with Gasteiger partial charge in [0.1, 0.15) is 11.7 Å². The SMILES string of the molecule is COC(=O)c1cc2n(n1)C(c1ccc(Cl)c(Cl)c1)C(C(=O)N1CCN(c3ccc(F)cc3)CC1)C(C)=N2. The van der Waals surface area contributed by atoms with Crippen molar-refractivity contribution in [3.63, 3.8) is 0 Å². The highest BCUT2D eigenvalue weighted by molar-refractivity contribution is 6.42. The van der Waals surface area contributed by atoms with Gasteiger partial charge in [0.05, 0.1) is 23.2 Å². The predicted octanol–water partition coefficient (Wildman–Crippen LogP) is 4.78. The number of hydrogen-bond donors (Lipinski definition) is 0. The van der Waals surface area contributed by atoms with E-state index >= 15 is 0 Å². The number of carbonyl (C=O) groups excluding carboxylic acids is 2. The number of ether oxygens (including phenoxy) is 1. The molecule has 1 amide bonds. The highest BCUT2D eigenvalue weighted by Gasteiger charge is 2.41. The Morgan fingerprint density at radius 3 is 2.35 bits per heavy atom. The summed E-state index contributed by atoms with van der Waals surface area (Å²) in [7, 11) is 1.28. The van der Waals surface area contributed by atoms with E-state index in [2.05, 4.69) is 15.0 Å². The van der Waals surface area contributed by atoms with Crippen molar-refractivity contribution >= 4 is 52.3 Å². The Balaban J connectivity index is 1.46. The maximum absolute atomic E-state index is 14.0. The molecule has 0 N–H and O–H groups in total. The number of piperazine rings is 1. The lowest BCUT2D eigenvalue weighted by molar-refractivity contribution is -0.134. The molecule has 8 nitrogen and oxygen atoms in total. The number of halogens is 3. The fourth-order valence-corrected chi connectivity index (χ4v) is 5.18. The van der Waals surface area contributed by atoms with Gasteiger partial charge in [0, 0.05) is 43.6 Å². The van der Waals surface area contributed by atoms with E-state index in [0.717, 1.165) is 5.69 Å². The van der Waals surface area contributed by atoms with E-state index in [1.165, 1.54) is 19.2 Å². The summed E-state index contributed by atoms with van der Waals surface area (Å²) in [6.07, 6.45) is 0. The summed E-state index contributed by atoms with van der Waals surface area (Å²) in [6.45, 7) is 4.01. The molecule has 2 unspecified atom stereocenters. The van der Waals surface area contributed by atoms with Gasteiger partial charge in [-0.25, -0.2) is 18.9 Å². The summed E-state index contributed by atoms with van der Waals surface area (Å²) in [5.74, 6) is -1.21. The minimum absolute atomic E-state index is 0.0973. The Bertz CT molecular complexity index is 1380. The van der Waals surface area contributed by atoms with Crippen LogP contribution in [-0.2, 0) is 9.53 Å². The van der Waals surface area contributed by atoms with Gasteiger partial charge in [-0.05, 0) is 48.9 Å². The molecule has 2 aromatic carbocycles. The molecule has 37 heavy (non-hydrogen) atoms. The summed E-state index contributed by atoms with van der Waals surface area (Å²) in [5.41, 5.74) is 2.33. The maximum Gasteiger partial charge on any atom is 0.358 e. The molecule has 0 radical (unpaired) electrons. The number of rotatable bonds is 4. The van der Waals surface area contributed by atoms with Crippen LogP contribution >= 0.6 is 23.2 Å². The average molecular weight is 544 g/mol. The van der Waals surface area contributed by atoms with Gasteiger partial charge in [0.15, 0.2) is 11.5 Å². The maximum atomic E-state index is 14.0. The van der Waals surface area contributed by atoms with Crippen LogP contribution in [0, 0.1) is 11.7 Å². The second kappa shape index (κ2) is 10.1. The third-order valence-electron chi connectivity index (χ3n) is 6.77. The first-order valence-corrected chi connectivity index (χ1v) is 12.5. The van der Waals surface area contributed by atoms with Crippen LogP contribution in [0.4, 0.5) is 15.9 Å². The number of benzene rings is 2. The number of methoxy groups -OCH3 is 1. The fourth-order valence-electron chi connectivity index (χ4n) is 4.87. The van der Waals surface area contributed by atoms with Crippen LogP contribution in [0.3, 0.4) is 0 Å². The summed E-state index contributed by atoms with van der Waals surface area (Å²) >= 11 is 12.5. The second-order valence-corrected chi connectivity index (χ2v) is 9.78. The van der Waals surface area contributed by atoms with Crippen LogP contribution in [0.15, 0.2) is 53.5 Å². The van der Waals surface area contributed by atoms with Crippen LogP contribution < -0.4 is 4.90 Å². The number of nitrogens with zero attached hydrogens (tertiary/aromatic N) is 5. The van der Waals surface area contributed by atoms with Gasteiger partial charge < -0.3 is 14.5 Å². The molecule has 1 aromatic heterocycles. The molecule has 0 aliphatic carbocycles. The van der Waals surface area contributed by atoms with E-state index in [1.54, 1.807) is 48.0 Å². The van der Waals surface area contributed by atoms with Gasteiger partial charge in [-0.15, -0.1) is 0 Å². The van der Waals surface area contributed by atoms with E-state index in [4.69, 9.17) is 27.9 Å². The number of aromatic nitrogens is 2. The number of aliphatic imine (C=N–C) groups is 1. The van der Waals surface area contributed by atoms with Crippen molar-refractivity contribution in [2.45, 2.75) is 13.0 Å². The summed E-state index contributed by atoms with van der Waals surface area (Å²) in [5, 5.41) is 5.19. The van der Waals surface area contributed by atoms with E-state index in [0.29, 0.717) is 53.3 Å². The lowest BCUT2D eigenvalue weighted by Crippen LogP contribution is -2.53. The van der Waals surface area contributed by atoms with Gasteiger partial charge in [-0.1, -0.05) is 29.3 Å². The summed E-state index contributed by atoms with van der Waals surface area (Å²) < 4.78 is 19.7. The first-order chi connectivity index (χ1) is 17.8. The minimum atomic E-state index is -0.674. The molecule has 2 aliphatic heterocycles. The summed E-state index contributed by atoms with van der Waals surface area (Å²) in [4.78, 5) is 34.7. The van der Waals surface area contributed by atoms with Crippen LogP contribution in [0.2, 0.25) is 10.0 Å². The zero-order valence-electron chi connectivity index (χ0n) is 20.2. The lowest BCUT2D eigenvalue weighted by atomic mass is 9.87. The highest BCUT2D eigenvalue weighted by atomic mass is 35.5. The van der Waals surface area contributed by atoms with Crippen molar-refractivity contribution in [3.05, 3.63) is 75.7 Å². The third kappa shape index (κ3) is 4.81. The van der Waals surface area contributed by atoms with Crippen LogP contribution in [0.5, 0.6) is 0 Å². The first-order valence-electron chi connectivity index (χ1n) is 11.7. The van der Waals surface area contributed by atoms with Gasteiger partial charge in [0.2, 0.25) is 5.91 Å². The molecule has 5 rings (SSSR count). The van der Waals surface area contributed by atoms with Crippen molar-refractivity contribution in [3.8, 4) is 0 Å². The Labute approximate surface area is 223 Å². The smallest absolute Gasteiger partial charge is 0.358 e. The second-order valence-electron chi connectivity index (χ2n) is 8.96. The molecule has 0 saturated carbocycles. The summed E-state index contributed by atoms with van der Waals surface area (Å²) in [6, 6.07) is 12.5. The number of anilines is 1. The fraction of sp³-hybridized carbons (Fsp3) is 0.308. The monoisotopic (exact) mass is 543 g/mol. The van der Waals surface area contributed by atoms with E-state index in [-0.39, 0.29) is 17.4 Å². The predicted molar refractivity (Wildman–Crippen MR) is 140 cm³/mol. The standard InChI is InChI=1S/C26H24Cl2FN5O3/c1-15-23(25(35)33-11-9-32(10-12-33)18-6-4-17(29)5-7-18)24(16-3-8-19(27)20(28)13-16)34-22(30-15)14-21(31-34)26(36)37-2/h3-8,13-14,23-24H,9-12H2,1-2H3. The molecule has 2 atom stereocenters. The van der Waals surface area contributed by atoms with Crippen molar-refractivity contribution in [2.24, 2.45) is 10.9 Å². The van der Waals surface area contributed by atoms with Gasteiger partial charge in [0.25, 0.3) is 0 Å². The molecular formula is C26H24Cl2FN5O3. The zero-order chi connectivity index (χ0) is 26.3. The molecule has 0 spiro atoms. The molecule has 0 bridgehead atoms. The highest BCUT2D eigenvalue weighted by Crippen LogP contribution is 2.39. The van der Waals surface area contributed by atoms with Crippen LogP contribution in [0.1, 0.15) is 29.0 Å². The zero-order valence-corrected chi connectivity index (χ0v) is 21.7. The number of esters is 1. The Kier molecular flexibility index (Phi) is 6.92. The number of amides is 1. The Morgan fingerprint density at radius 1 is 1.00 bits per heavy atom. The Morgan fingerprint density at radius 2 is 1.70 bits per heavy atom. The molecule has 1 saturated heterocycles. The van der Waals surface area contributed by atoms with Crippen LogP contribution in [-0.4, -0.2) is 65.6 Å². The van der Waals surface area contributed by atoms with Crippen molar-refractivity contribution < 1.29 is 18.7 Å². The van der Waals surface area contributed by atoms with Gasteiger partial charge in [-0.2, -0.15) is 5.10 Å². The topological polar surface area (TPSA) is 80.0 Å². The molecular weight excluding hydrogens is 520 g/mol. The number of fused-ring (bicyclic) bond motifs is 1. The molecule has 3 heterocycles. The van der Waals surface area contributed by atoms with E-state index in [1.807, 2.05) is 4.90 Å². The van der Waals surface area contributed by atoms with Crippen molar-refractivity contribution in [2.75, 3.05) is 38.2 Å². The Hall–Kier alpha value is -3.43. The number of hydrogen-bond acceptors (Lipinski definition) is 6. The minimum Gasteiger partial charge on any atom is -0.464 e. The van der Waals surface area contributed by atoms with E-state index in [9.17, 15) is 14.0 Å². The quantitative estimate of drug-likeness (QED) is 0.442. The largest absolute Gasteiger partial charge is 0.464 e. The molecule has 3 aromatic rings. The average Bonchev–Trinajstić information content (AvgIpc) is 3.33. The molecule has 2 aliphatic rings. The lowest BCUT2D eigenvalue weighted by Gasteiger charge is -2.40. The normalized spacial score (nSPS) is 19.3. The van der Waals surface area contributed by atoms with Crippen LogP contribution in [0.25, 0.3) is 0 Å². The van der Waals surface area contributed by atoms with Crippen molar-refractivity contribution in [1.82, 2.24) is 14.7 Å². The third-order valence-corrected chi connectivity index (χ3v) is 7.50. The van der Waals surface area contributed by atoms with E-state index < -0.39 is 17.9 Å². The molecule has 11 heteroatoms. The number of carbonyl (C=O) groups is 2. The molecule has 192 valence electrons. The van der Waals surface area contributed by atoms with Gasteiger partial charge >= 0.3 is 5.97 Å².